The molecule has 3 aromatic rings. The molecule has 1 fully saturated rings. The molecule has 0 saturated carbocycles. The summed E-state index contributed by atoms with van der Waals surface area (Å²) in [6, 6.07) is 12.3. The van der Waals surface area contributed by atoms with Crippen LogP contribution >= 0.6 is 11.6 Å². The number of halogens is 1. The number of piperidine rings is 1. The minimum atomic E-state index is -0.234. The number of pyridine rings is 1. The minimum Gasteiger partial charge on any atom is -0.346 e. The molecule has 1 saturated heterocycles. The maximum Gasteiger partial charge on any atom is 0.137 e. The molecule has 4 rings (SSSR count). The van der Waals surface area contributed by atoms with Crippen LogP contribution in [-0.2, 0) is 6.54 Å². The number of aromatic nitrogens is 2. The van der Waals surface area contributed by atoms with Gasteiger partial charge in [-0.1, -0.05) is 41.9 Å². The van der Waals surface area contributed by atoms with Crippen LogP contribution in [0.3, 0.4) is 0 Å². The molecule has 2 aromatic heterocycles. The smallest absolute Gasteiger partial charge is 0.137 e. The number of hydrogen-bond donors (Lipinski definition) is 2. The van der Waals surface area contributed by atoms with Crippen molar-refractivity contribution in [1.29, 1.82) is 5.53 Å². The normalized spacial score (nSPS) is 19.5. The highest BCUT2D eigenvalue weighted by Crippen LogP contribution is 2.39. The van der Waals surface area contributed by atoms with Crippen LogP contribution in [-0.4, -0.2) is 28.0 Å². The van der Waals surface area contributed by atoms with E-state index >= 15 is 0 Å². The van der Waals surface area contributed by atoms with Crippen LogP contribution in [0.15, 0.2) is 53.9 Å². The predicted octanol–water partition coefficient (Wildman–Crippen LogP) is 5.20. The highest BCUT2D eigenvalue weighted by atomic mass is 35.5. The molecule has 3 heterocycles. The first kappa shape index (κ1) is 17.2. The lowest BCUT2D eigenvalue weighted by atomic mass is 9.86. The number of aromatic amines is 1. The number of fused-ring (bicyclic) bond motifs is 1. The van der Waals surface area contributed by atoms with Gasteiger partial charge in [0.1, 0.15) is 11.7 Å². The maximum atomic E-state index is 7.86. The first-order valence-corrected chi connectivity index (χ1v) is 9.38. The Hall–Kier alpha value is -2.24. The topological polar surface area (TPSA) is 68.1 Å². The molecular formula is C20H22ClN5. The quantitative estimate of drug-likeness (QED) is 0.608. The van der Waals surface area contributed by atoms with Crippen molar-refractivity contribution in [3.63, 3.8) is 0 Å². The molecule has 1 aliphatic heterocycles. The lowest BCUT2D eigenvalue weighted by Gasteiger charge is -2.35. The van der Waals surface area contributed by atoms with Crippen molar-refractivity contribution in [2.75, 3.05) is 13.1 Å². The van der Waals surface area contributed by atoms with Crippen molar-refractivity contribution in [2.45, 2.75) is 25.4 Å². The van der Waals surface area contributed by atoms with E-state index in [2.05, 4.69) is 44.2 Å². The summed E-state index contributed by atoms with van der Waals surface area (Å²) >= 11 is 6.49. The molecule has 1 aliphatic rings. The van der Waals surface area contributed by atoms with Gasteiger partial charge in [0.25, 0.3) is 0 Å². The van der Waals surface area contributed by atoms with Gasteiger partial charge in [0.2, 0.25) is 0 Å². The van der Waals surface area contributed by atoms with Gasteiger partial charge in [-0.2, -0.15) is 5.11 Å². The van der Waals surface area contributed by atoms with E-state index < -0.39 is 0 Å². The summed E-state index contributed by atoms with van der Waals surface area (Å²) in [7, 11) is 0. The highest BCUT2D eigenvalue weighted by Gasteiger charge is 2.31. The van der Waals surface area contributed by atoms with E-state index in [4.69, 9.17) is 17.1 Å². The molecular weight excluding hydrogens is 346 g/mol. The zero-order valence-corrected chi connectivity index (χ0v) is 15.3. The van der Waals surface area contributed by atoms with E-state index in [0.717, 1.165) is 49.1 Å². The number of nitrogens with one attached hydrogen (secondary N) is 2. The molecule has 5 nitrogen and oxygen atoms in total. The number of likely N-dealkylation sites (tertiary alicyclic amines) is 1. The van der Waals surface area contributed by atoms with Crippen LogP contribution in [0.2, 0.25) is 5.02 Å². The largest absolute Gasteiger partial charge is 0.346 e. The molecule has 0 spiro atoms. The zero-order chi connectivity index (χ0) is 17.9. The Labute approximate surface area is 157 Å². The van der Waals surface area contributed by atoms with Crippen LogP contribution in [0.1, 0.15) is 30.0 Å². The lowest BCUT2D eigenvalue weighted by molar-refractivity contribution is 0.149. The van der Waals surface area contributed by atoms with Gasteiger partial charge in [-0.15, -0.1) is 0 Å². The molecule has 6 heteroatoms. The Morgan fingerprint density at radius 2 is 2.15 bits per heavy atom. The third-order valence-corrected chi connectivity index (χ3v) is 5.55. The van der Waals surface area contributed by atoms with Crippen molar-refractivity contribution in [2.24, 2.45) is 11.0 Å². The molecule has 26 heavy (non-hydrogen) atoms. The van der Waals surface area contributed by atoms with Gasteiger partial charge in [-0.3, -0.25) is 4.90 Å². The van der Waals surface area contributed by atoms with E-state index in [1.54, 1.807) is 6.20 Å². The van der Waals surface area contributed by atoms with E-state index in [-0.39, 0.29) is 12.0 Å². The maximum absolute atomic E-state index is 7.86. The molecule has 0 amide bonds. The van der Waals surface area contributed by atoms with Crippen molar-refractivity contribution >= 4 is 22.6 Å². The summed E-state index contributed by atoms with van der Waals surface area (Å²) in [5.41, 5.74) is 10.9. The van der Waals surface area contributed by atoms with Crippen LogP contribution in [0.25, 0.3) is 11.0 Å². The third kappa shape index (κ3) is 3.37. The van der Waals surface area contributed by atoms with Crippen molar-refractivity contribution in [3.05, 3.63) is 64.9 Å². The Balaban J connectivity index is 1.59. The number of nitrogens with zero attached hydrogens (tertiary/aromatic N) is 3. The Morgan fingerprint density at radius 3 is 2.96 bits per heavy atom. The van der Waals surface area contributed by atoms with E-state index in [1.807, 2.05) is 18.3 Å². The monoisotopic (exact) mass is 367 g/mol. The second-order valence-electron chi connectivity index (χ2n) is 6.96. The first-order valence-electron chi connectivity index (χ1n) is 9.00. The minimum absolute atomic E-state index is 0.234. The van der Waals surface area contributed by atoms with Crippen molar-refractivity contribution in [1.82, 2.24) is 14.9 Å². The lowest BCUT2D eigenvalue weighted by Crippen LogP contribution is -2.37. The fraction of sp³-hybridized carbons (Fsp3) is 0.350. The van der Waals surface area contributed by atoms with Crippen LogP contribution in [0, 0.1) is 11.4 Å². The first-order chi connectivity index (χ1) is 12.8. The highest BCUT2D eigenvalue weighted by molar-refractivity contribution is 6.32. The van der Waals surface area contributed by atoms with Gasteiger partial charge in [0.15, 0.2) is 0 Å². The molecule has 1 aromatic carbocycles. The van der Waals surface area contributed by atoms with Crippen molar-refractivity contribution < 1.29 is 0 Å². The van der Waals surface area contributed by atoms with Crippen molar-refractivity contribution in [3.8, 4) is 0 Å². The molecule has 0 bridgehead atoms. The van der Waals surface area contributed by atoms with Crippen LogP contribution < -0.4 is 0 Å². The van der Waals surface area contributed by atoms with Gasteiger partial charge >= 0.3 is 0 Å². The third-order valence-electron chi connectivity index (χ3n) is 5.25. The summed E-state index contributed by atoms with van der Waals surface area (Å²) < 4.78 is 0. The van der Waals surface area contributed by atoms with Gasteiger partial charge in [0, 0.05) is 42.4 Å². The molecule has 2 unspecified atom stereocenters. The second-order valence-corrected chi connectivity index (χ2v) is 7.36. The fourth-order valence-corrected chi connectivity index (χ4v) is 4.31. The van der Waals surface area contributed by atoms with E-state index in [0.29, 0.717) is 5.02 Å². The fourth-order valence-electron chi connectivity index (χ4n) is 4.04. The van der Waals surface area contributed by atoms with Crippen LogP contribution in [0.5, 0.6) is 0 Å². The Bertz CT molecular complexity index is 892. The summed E-state index contributed by atoms with van der Waals surface area (Å²) in [4.78, 5) is 9.92. The number of benzene rings is 1. The number of rotatable bonds is 5. The summed E-state index contributed by atoms with van der Waals surface area (Å²) in [5, 5.41) is 5.58. The Kier molecular flexibility index (Phi) is 5.00. The molecule has 2 atom stereocenters. The molecule has 0 aliphatic carbocycles. The Morgan fingerprint density at radius 1 is 1.31 bits per heavy atom. The predicted molar refractivity (Wildman–Crippen MR) is 103 cm³/mol. The van der Waals surface area contributed by atoms with Gasteiger partial charge in [0.05, 0.1) is 5.02 Å². The molecule has 0 radical (unpaired) electrons. The number of H-pyrrole nitrogens is 1. The van der Waals surface area contributed by atoms with E-state index in [9.17, 15) is 0 Å². The SMILES string of the molecule is N=NC(c1c(Cl)cnc2[nH]ccc12)C1CCCN(Cc2ccccc2)C1. The van der Waals surface area contributed by atoms with Gasteiger partial charge in [-0.25, -0.2) is 10.5 Å². The second kappa shape index (κ2) is 7.56. The zero-order valence-electron chi connectivity index (χ0n) is 14.5. The summed E-state index contributed by atoms with van der Waals surface area (Å²) in [5.74, 6) is 0.281. The summed E-state index contributed by atoms with van der Waals surface area (Å²) in [6.07, 6.45) is 5.70. The summed E-state index contributed by atoms with van der Waals surface area (Å²) in [6.45, 7) is 2.94. The number of hydrogen-bond acceptors (Lipinski definition) is 4. The molecule has 134 valence electrons. The van der Waals surface area contributed by atoms with Crippen LogP contribution in [0.4, 0.5) is 0 Å². The standard InChI is InChI=1S/C20H22ClN5/c21-17-11-24-20-16(8-9-23-20)18(17)19(25-22)15-7-4-10-26(13-15)12-14-5-2-1-3-6-14/h1-3,5-6,8-9,11,15,19,22H,4,7,10,12-13H2,(H,23,24). The van der Waals surface area contributed by atoms with Gasteiger partial charge in [-0.05, 0) is 31.0 Å². The van der Waals surface area contributed by atoms with Gasteiger partial charge < -0.3 is 4.98 Å². The average Bonchev–Trinajstić information content (AvgIpc) is 3.14. The van der Waals surface area contributed by atoms with E-state index in [1.165, 1.54) is 5.56 Å². The molecule has 2 N–H and O–H groups in total. The average molecular weight is 368 g/mol.